The topological polar surface area (TPSA) is 33.2 Å². The molecule has 1 saturated heterocycles. The van der Waals surface area contributed by atoms with Gasteiger partial charge in [0.25, 0.3) is 5.91 Å². The molecule has 0 aliphatic carbocycles. The number of halogens is 1. The van der Waals surface area contributed by atoms with Crippen LogP contribution in [0.25, 0.3) is 0 Å². The highest BCUT2D eigenvalue weighted by Crippen LogP contribution is 2.23. The van der Waals surface area contributed by atoms with Gasteiger partial charge in [-0.15, -0.1) is 22.9 Å². The SMILES string of the molecule is Cc1ncsc1C(=O)N1CCCC1CCl. The third-order valence-corrected chi connectivity index (χ3v) is 4.03. The van der Waals surface area contributed by atoms with E-state index in [9.17, 15) is 4.79 Å². The lowest BCUT2D eigenvalue weighted by atomic mass is 10.2. The van der Waals surface area contributed by atoms with Crippen molar-refractivity contribution in [2.24, 2.45) is 0 Å². The fourth-order valence-corrected chi connectivity index (χ4v) is 2.98. The molecule has 15 heavy (non-hydrogen) atoms. The Balaban J connectivity index is 2.18. The van der Waals surface area contributed by atoms with Crippen LogP contribution < -0.4 is 0 Å². The molecule has 1 aromatic heterocycles. The van der Waals surface area contributed by atoms with Crippen molar-refractivity contribution < 1.29 is 4.79 Å². The van der Waals surface area contributed by atoms with Crippen LogP contribution in [-0.4, -0.2) is 34.3 Å². The minimum atomic E-state index is 0.0955. The molecule has 1 aliphatic rings. The molecule has 2 heterocycles. The smallest absolute Gasteiger partial charge is 0.266 e. The van der Waals surface area contributed by atoms with E-state index in [4.69, 9.17) is 11.6 Å². The molecule has 2 rings (SSSR count). The Morgan fingerprint density at radius 3 is 3.20 bits per heavy atom. The molecular formula is C10H13ClN2OS. The Kier molecular flexibility index (Phi) is 3.26. The first-order valence-electron chi connectivity index (χ1n) is 5.01. The Bertz CT molecular complexity index is 366. The number of alkyl halides is 1. The zero-order valence-corrected chi connectivity index (χ0v) is 10.1. The molecule has 1 unspecified atom stereocenters. The van der Waals surface area contributed by atoms with Crippen LogP contribution >= 0.6 is 22.9 Å². The Labute approximate surface area is 98.1 Å². The van der Waals surface area contributed by atoms with Crippen LogP contribution in [0.3, 0.4) is 0 Å². The first-order chi connectivity index (χ1) is 7.24. The highest BCUT2D eigenvalue weighted by Gasteiger charge is 2.30. The monoisotopic (exact) mass is 244 g/mol. The number of amides is 1. The van der Waals surface area contributed by atoms with Crippen molar-refractivity contribution in [1.29, 1.82) is 0 Å². The number of carbonyl (C=O) groups is 1. The van der Waals surface area contributed by atoms with Gasteiger partial charge in [0.05, 0.1) is 11.2 Å². The predicted molar refractivity (Wildman–Crippen MR) is 61.6 cm³/mol. The quantitative estimate of drug-likeness (QED) is 0.748. The lowest BCUT2D eigenvalue weighted by molar-refractivity contribution is 0.0753. The third-order valence-electron chi connectivity index (χ3n) is 2.76. The highest BCUT2D eigenvalue weighted by atomic mass is 35.5. The van der Waals surface area contributed by atoms with E-state index in [0.29, 0.717) is 5.88 Å². The maximum absolute atomic E-state index is 12.1. The van der Waals surface area contributed by atoms with Gasteiger partial charge in [0.1, 0.15) is 4.88 Å². The van der Waals surface area contributed by atoms with E-state index in [1.165, 1.54) is 11.3 Å². The van der Waals surface area contributed by atoms with Crippen molar-refractivity contribution in [2.75, 3.05) is 12.4 Å². The number of likely N-dealkylation sites (tertiary alicyclic amines) is 1. The molecule has 1 aliphatic heterocycles. The van der Waals surface area contributed by atoms with Gasteiger partial charge in [-0.05, 0) is 19.8 Å². The van der Waals surface area contributed by atoms with Gasteiger partial charge in [-0.25, -0.2) is 4.98 Å². The third kappa shape index (κ3) is 2.01. The standard InChI is InChI=1S/C10H13ClN2OS/c1-7-9(15-6-12-7)10(14)13-4-2-3-8(13)5-11/h6,8H,2-5H2,1H3. The summed E-state index contributed by atoms with van der Waals surface area (Å²) in [5.41, 5.74) is 2.54. The number of thiazole rings is 1. The minimum absolute atomic E-state index is 0.0955. The number of hydrogen-bond donors (Lipinski definition) is 0. The van der Waals surface area contributed by atoms with Gasteiger partial charge in [-0.2, -0.15) is 0 Å². The number of aryl methyl sites for hydroxylation is 1. The maximum Gasteiger partial charge on any atom is 0.266 e. The summed E-state index contributed by atoms with van der Waals surface area (Å²) in [7, 11) is 0. The summed E-state index contributed by atoms with van der Waals surface area (Å²) in [5.74, 6) is 0.627. The zero-order valence-electron chi connectivity index (χ0n) is 8.57. The number of carbonyl (C=O) groups excluding carboxylic acids is 1. The molecule has 0 radical (unpaired) electrons. The molecule has 0 aromatic carbocycles. The normalized spacial score (nSPS) is 20.9. The van der Waals surface area contributed by atoms with Gasteiger partial charge in [-0.3, -0.25) is 4.79 Å². The van der Waals surface area contributed by atoms with Crippen molar-refractivity contribution >= 4 is 28.8 Å². The van der Waals surface area contributed by atoms with Crippen LogP contribution in [0.5, 0.6) is 0 Å². The van der Waals surface area contributed by atoms with Crippen LogP contribution in [0.15, 0.2) is 5.51 Å². The van der Waals surface area contributed by atoms with Crippen molar-refractivity contribution in [1.82, 2.24) is 9.88 Å². The fourth-order valence-electron chi connectivity index (χ4n) is 1.90. The summed E-state index contributed by atoms with van der Waals surface area (Å²) in [6.07, 6.45) is 2.08. The van der Waals surface area contributed by atoms with E-state index >= 15 is 0 Å². The van der Waals surface area contributed by atoms with Crippen molar-refractivity contribution in [3.05, 3.63) is 16.1 Å². The van der Waals surface area contributed by atoms with Gasteiger partial charge in [0.15, 0.2) is 0 Å². The van der Waals surface area contributed by atoms with E-state index in [-0.39, 0.29) is 11.9 Å². The summed E-state index contributed by atoms with van der Waals surface area (Å²) < 4.78 is 0. The predicted octanol–water partition coefficient (Wildman–Crippen LogP) is 2.29. The average molecular weight is 245 g/mol. The van der Waals surface area contributed by atoms with Crippen molar-refractivity contribution in [3.63, 3.8) is 0 Å². The largest absolute Gasteiger partial charge is 0.334 e. The second-order valence-corrected chi connectivity index (χ2v) is 4.88. The fraction of sp³-hybridized carbons (Fsp3) is 0.600. The molecule has 82 valence electrons. The van der Waals surface area contributed by atoms with Gasteiger partial charge >= 0.3 is 0 Å². The molecule has 1 amide bonds. The second-order valence-electron chi connectivity index (χ2n) is 3.72. The number of hydrogen-bond acceptors (Lipinski definition) is 3. The van der Waals surface area contributed by atoms with Crippen LogP contribution in [0.1, 0.15) is 28.2 Å². The molecule has 1 aromatic rings. The van der Waals surface area contributed by atoms with Gasteiger partial charge in [0, 0.05) is 18.5 Å². The van der Waals surface area contributed by atoms with E-state index in [1.807, 2.05) is 11.8 Å². The summed E-state index contributed by atoms with van der Waals surface area (Å²) in [5, 5.41) is 0. The van der Waals surface area contributed by atoms with Gasteiger partial charge in [-0.1, -0.05) is 0 Å². The molecule has 1 atom stereocenters. The number of nitrogens with zero attached hydrogens (tertiary/aromatic N) is 2. The lowest BCUT2D eigenvalue weighted by Crippen LogP contribution is -2.36. The molecule has 5 heteroatoms. The van der Waals surface area contributed by atoms with Crippen LogP contribution in [0, 0.1) is 6.92 Å². The molecule has 0 spiro atoms. The second kappa shape index (κ2) is 4.49. The first kappa shape index (κ1) is 10.9. The van der Waals surface area contributed by atoms with E-state index in [2.05, 4.69) is 4.98 Å². The first-order valence-corrected chi connectivity index (χ1v) is 6.42. The highest BCUT2D eigenvalue weighted by molar-refractivity contribution is 7.11. The van der Waals surface area contributed by atoms with Gasteiger partial charge in [0.2, 0.25) is 0 Å². The number of aromatic nitrogens is 1. The van der Waals surface area contributed by atoms with Crippen LogP contribution in [0.2, 0.25) is 0 Å². The summed E-state index contributed by atoms with van der Waals surface area (Å²) in [6, 6.07) is 0.209. The molecule has 0 N–H and O–H groups in total. The molecule has 1 fully saturated rings. The van der Waals surface area contributed by atoms with Crippen LogP contribution in [-0.2, 0) is 0 Å². The summed E-state index contributed by atoms with van der Waals surface area (Å²) in [6.45, 7) is 2.70. The van der Waals surface area contributed by atoms with Crippen molar-refractivity contribution in [2.45, 2.75) is 25.8 Å². The van der Waals surface area contributed by atoms with E-state index in [1.54, 1.807) is 5.51 Å². The van der Waals surface area contributed by atoms with E-state index < -0.39 is 0 Å². The Morgan fingerprint density at radius 1 is 1.80 bits per heavy atom. The Morgan fingerprint density at radius 2 is 2.60 bits per heavy atom. The number of rotatable bonds is 2. The maximum atomic E-state index is 12.1. The Hall–Kier alpha value is -0.610. The van der Waals surface area contributed by atoms with Gasteiger partial charge < -0.3 is 4.90 Å². The van der Waals surface area contributed by atoms with Crippen molar-refractivity contribution in [3.8, 4) is 0 Å². The molecular weight excluding hydrogens is 232 g/mol. The summed E-state index contributed by atoms with van der Waals surface area (Å²) >= 11 is 7.25. The zero-order chi connectivity index (χ0) is 10.8. The average Bonchev–Trinajstić information content (AvgIpc) is 2.84. The summed E-state index contributed by atoms with van der Waals surface area (Å²) in [4.78, 5) is 18.9. The lowest BCUT2D eigenvalue weighted by Gasteiger charge is -2.22. The molecule has 0 bridgehead atoms. The van der Waals surface area contributed by atoms with E-state index in [0.717, 1.165) is 30.0 Å². The molecule has 3 nitrogen and oxygen atoms in total. The minimum Gasteiger partial charge on any atom is -0.334 e. The van der Waals surface area contributed by atoms with Crippen LogP contribution in [0.4, 0.5) is 0 Å². The molecule has 0 saturated carbocycles.